The Morgan fingerprint density at radius 1 is 0.978 bits per heavy atom. The van der Waals surface area contributed by atoms with Crippen LogP contribution < -0.4 is 20.2 Å². The molecule has 1 fully saturated rings. The lowest BCUT2D eigenvalue weighted by Crippen LogP contribution is -2.46. The van der Waals surface area contributed by atoms with Crippen LogP contribution in [0.15, 0.2) is 108 Å². The number of allylic oxidation sites excluding steroid dienone is 4. The molecule has 1 atom stereocenters. The second-order valence-electron chi connectivity index (χ2n) is 11.0. The van der Waals surface area contributed by atoms with E-state index in [1.807, 2.05) is 36.4 Å². The molecule has 3 heterocycles. The molecule has 0 spiro atoms. The monoisotopic (exact) mass is 632 g/mol. The van der Waals surface area contributed by atoms with Gasteiger partial charge in [0.1, 0.15) is 24.7 Å². The fraction of sp³-hybridized carbons (Fsp3) is 0.333. The molecule has 1 saturated heterocycles. The van der Waals surface area contributed by atoms with E-state index < -0.39 is 11.7 Å². The Kier molecular flexibility index (Phi) is 11.0. The van der Waals surface area contributed by atoms with E-state index in [-0.39, 0.29) is 24.0 Å². The number of halogens is 2. The van der Waals surface area contributed by atoms with E-state index in [4.69, 9.17) is 9.47 Å². The summed E-state index contributed by atoms with van der Waals surface area (Å²) < 4.78 is 42.6. The Bertz CT molecular complexity index is 1650. The number of benzene rings is 2. The number of ether oxygens (including phenoxy) is 2. The summed E-state index contributed by atoms with van der Waals surface area (Å²) in [6.07, 6.45) is 8.16. The molecule has 0 radical (unpaired) electrons. The van der Waals surface area contributed by atoms with E-state index in [0.29, 0.717) is 13.2 Å². The van der Waals surface area contributed by atoms with Crippen LogP contribution in [0.1, 0.15) is 19.8 Å². The summed E-state index contributed by atoms with van der Waals surface area (Å²) in [6, 6.07) is 15.9. The number of aryl methyl sites for hydroxylation is 1. The van der Waals surface area contributed by atoms with Gasteiger partial charge < -0.3 is 19.3 Å². The van der Waals surface area contributed by atoms with Crippen molar-refractivity contribution in [3.63, 3.8) is 0 Å². The van der Waals surface area contributed by atoms with Crippen LogP contribution in [0.5, 0.6) is 5.75 Å². The number of aromatic nitrogens is 6. The lowest BCUT2D eigenvalue weighted by atomic mass is 10.1. The van der Waals surface area contributed by atoms with Gasteiger partial charge in [0.15, 0.2) is 11.6 Å². The van der Waals surface area contributed by atoms with Crippen LogP contribution in [0, 0.1) is 5.92 Å². The second-order valence-corrected chi connectivity index (χ2v) is 11.0. The molecule has 242 valence electrons. The van der Waals surface area contributed by atoms with Gasteiger partial charge in [0.25, 0.3) is 0 Å². The highest BCUT2D eigenvalue weighted by atomic mass is 19.1. The third-order valence-corrected chi connectivity index (χ3v) is 7.70. The van der Waals surface area contributed by atoms with Crippen LogP contribution in [0.3, 0.4) is 0 Å². The molecule has 2 aromatic carbocycles. The number of hydrogen-bond acceptors (Lipinski definition) is 8. The first kappa shape index (κ1) is 32.2. The Hall–Kier alpha value is -5.20. The van der Waals surface area contributed by atoms with Crippen molar-refractivity contribution in [2.75, 3.05) is 49.2 Å². The summed E-state index contributed by atoms with van der Waals surface area (Å²) in [5.74, 6) is -0.915. The summed E-state index contributed by atoms with van der Waals surface area (Å²) in [5.41, 5.74) is 2.72. The van der Waals surface area contributed by atoms with Crippen molar-refractivity contribution in [3.8, 4) is 11.4 Å². The van der Waals surface area contributed by atoms with Crippen LogP contribution in [0.25, 0.3) is 5.69 Å². The predicted octanol–water partition coefficient (Wildman–Crippen LogP) is 5.21. The summed E-state index contributed by atoms with van der Waals surface area (Å²) in [7, 11) is 0. The maximum atomic E-state index is 14.3. The van der Waals surface area contributed by atoms with E-state index in [0.717, 1.165) is 67.9 Å². The van der Waals surface area contributed by atoms with Gasteiger partial charge in [-0.05, 0) is 74.4 Å². The van der Waals surface area contributed by atoms with Crippen molar-refractivity contribution in [3.05, 3.63) is 114 Å². The van der Waals surface area contributed by atoms with Crippen LogP contribution in [0.4, 0.5) is 20.2 Å². The number of anilines is 2. The topological polar surface area (TPSA) is 106 Å². The molecule has 46 heavy (non-hydrogen) atoms. The molecule has 1 N–H and O–H groups in total. The molecule has 1 aliphatic rings. The number of hydrogen-bond donors (Lipinski definition) is 1. The van der Waals surface area contributed by atoms with Crippen LogP contribution in [-0.4, -0.2) is 68.9 Å². The zero-order valence-corrected chi connectivity index (χ0v) is 25.8. The zero-order valence-electron chi connectivity index (χ0n) is 25.8. The first-order valence-electron chi connectivity index (χ1n) is 15.2. The number of piperazine rings is 1. The quantitative estimate of drug-likeness (QED) is 0.141. The van der Waals surface area contributed by atoms with E-state index >= 15 is 0 Å². The van der Waals surface area contributed by atoms with Crippen molar-refractivity contribution in [1.82, 2.24) is 29.5 Å². The van der Waals surface area contributed by atoms with Crippen molar-refractivity contribution < 1.29 is 18.3 Å². The molecule has 0 aliphatic carbocycles. The van der Waals surface area contributed by atoms with E-state index in [2.05, 4.69) is 48.8 Å². The number of H-pyrrole nitrogens is 1. The fourth-order valence-corrected chi connectivity index (χ4v) is 5.23. The van der Waals surface area contributed by atoms with Gasteiger partial charge in [-0.2, -0.15) is 10.2 Å². The van der Waals surface area contributed by atoms with Gasteiger partial charge in [0, 0.05) is 56.1 Å². The van der Waals surface area contributed by atoms with Gasteiger partial charge in [-0.25, -0.2) is 28.2 Å². The molecular weight excluding hydrogens is 594 g/mol. The molecule has 4 aromatic rings. The lowest BCUT2D eigenvalue weighted by Gasteiger charge is -2.37. The molecule has 0 amide bonds. The summed E-state index contributed by atoms with van der Waals surface area (Å²) in [4.78, 5) is 20.5. The Labute approximate surface area is 266 Å². The SMILES string of the molecule is C=C/C(OC[C@H](CCCn1cncn1)COc1ccc(N2CCN(c3ccc(-n4cn[nH]c4=O)cc3)CC2)cc1)=C(F)\C=C(/C)F. The average molecular weight is 633 g/mol. The van der Waals surface area contributed by atoms with Crippen LogP contribution >= 0.6 is 0 Å². The largest absolute Gasteiger partial charge is 0.493 e. The Morgan fingerprint density at radius 2 is 1.63 bits per heavy atom. The zero-order chi connectivity index (χ0) is 32.3. The summed E-state index contributed by atoms with van der Waals surface area (Å²) in [6.45, 7) is 9.43. The maximum Gasteiger partial charge on any atom is 0.347 e. The molecule has 0 unspecified atom stereocenters. The van der Waals surface area contributed by atoms with Gasteiger partial charge in [-0.1, -0.05) is 6.58 Å². The molecule has 2 aromatic heterocycles. The molecule has 5 rings (SSSR count). The van der Waals surface area contributed by atoms with Crippen molar-refractivity contribution in [2.24, 2.45) is 5.92 Å². The van der Waals surface area contributed by atoms with Crippen molar-refractivity contribution in [1.29, 1.82) is 0 Å². The minimum Gasteiger partial charge on any atom is -0.493 e. The van der Waals surface area contributed by atoms with Gasteiger partial charge in [0.2, 0.25) is 0 Å². The normalized spacial score (nSPS) is 15.0. The summed E-state index contributed by atoms with van der Waals surface area (Å²) >= 11 is 0. The highest BCUT2D eigenvalue weighted by molar-refractivity contribution is 5.54. The third-order valence-electron chi connectivity index (χ3n) is 7.70. The van der Waals surface area contributed by atoms with E-state index in [9.17, 15) is 13.6 Å². The van der Waals surface area contributed by atoms with Gasteiger partial charge >= 0.3 is 5.69 Å². The Balaban J connectivity index is 1.13. The molecular formula is C33H38F2N8O3. The standard InChI is InChI=1S/C33H38F2N8O3/c1-3-32(31(35)19-25(2)34)46-21-26(5-4-14-42-23-36-22-38-42)20-45-30-12-10-28(11-13-30)41-17-15-40(16-18-41)27-6-8-29(9-7-27)43-24-37-39-33(43)44/h3,6-13,19,22-24,26H,1,4-5,14-18,20-21H2,2H3,(H,39,44)/b25-19+,32-31-/t26-/m1/s1. The average Bonchev–Trinajstić information content (AvgIpc) is 3.75. The minimum absolute atomic E-state index is 0.0656. The number of nitrogens with zero attached hydrogens (tertiary/aromatic N) is 7. The molecule has 0 bridgehead atoms. The fourth-order valence-electron chi connectivity index (χ4n) is 5.23. The second kappa shape index (κ2) is 15.7. The number of nitrogens with one attached hydrogen (secondary N) is 1. The molecule has 1 aliphatic heterocycles. The third kappa shape index (κ3) is 8.71. The van der Waals surface area contributed by atoms with Gasteiger partial charge in [0.05, 0.1) is 24.7 Å². The lowest BCUT2D eigenvalue weighted by molar-refractivity contribution is 0.122. The Morgan fingerprint density at radius 3 is 2.20 bits per heavy atom. The summed E-state index contributed by atoms with van der Waals surface area (Å²) in [5, 5.41) is 10.3. The van der Waals surface area contributed by atoms with E-state index in [1.54, 1.807) is 11.0 Å². The van der Waals surface area contributed by atoms with E-state index in [1.165, 1.54) is 30.2 Å². The van der Waals surface area contributed by atoms with Crippen molar-refractivity contribution in [2.45, 2.75) is 26.3 Å². The first-order chi connectivity index (χ1) is 22.4. The number of rotatable bonds is 15. The highest BCUT2D eigenvalue weighted by Crippen LogP contribution is 2.25. The maximum absolute atomic E-state index is 14.3. The first-order valence-corrected chi connectivity index (χ1v) is 15.2. The van der Waals surface area contributed by atoms with Gasteiger partial charge in [-0.3, -0.25) is 4.68 Å². The highest BCUT2D eigenvalue weighted by Gasteiger charge is 2.19. The molecule has 0 saturated carbocycles. The van der Waals surface area contributed by atoms with Crippen LogP contribution in [-0.2, 0) is 11.3 Å². The predicted molar refractivity (Wildman–Crippen MR) is 172 cm³/mol. The smallest absolute Gasteiger partial charge is 0.347 e. The van der Waals surface area contributed by atoms with Crippen molar-refractivity contribution >= 4 is 11.4 Å². The minimum atomic E-state index is -0.810. The number of aromatic amines is 1. The molecule has 11 nitrogen and oxygen atoms in total. The van der Waals surface area contributed by atoms with Crippen LogP contribution in [0.2, 0.25) is 0 Å². The van der Waals surface area contributed by atoms with Gasteiger partial charge in [-0.15, -0.1) is 0 Å². The molecule has 13 heteroatoms.